The van der Waals surface area contributed by atoms with Crippen LogP contribution in [0.4, 0.5) is 4.39 Å². The van der Waals surface area contributed by atoms with E-state index < -0.39 is 11.4 Å². The molecule has 1 aliphatic carbocycles. The smallest absolute Gasteiger partial charge is 0.313 e. The van der Waals surface area contributed by atoms with Gasteiger partial charge in [-0.15, -0.1) is 0 Å². The number of fused-ring (bicyclic) bond motifs is 1. The number of aliphatic carboxylic acids is 1. The Morgan fingerprint density at radius 3 is 2.36 bits per heavy atom. The quantitative estimate of drug-likeness (QED) is 0.912. The van der Waals surface area contributed by atoms with Crippen LogP contribution in [0.2, 0.25) is 0 Å². The number of hydrogen-bond acceptors (Lipinski definition) is 3. The normalized spacial score (nSPS) is 30.0. The molecule has 4 rings (SSSR count). The van der Waals surface area contributed by atoms with E-state index in [0.717, 1.165) is 19.4 Å². The Hall–Kier alpha value is -1.95. The van der Waals surface area contributed by atoms with Crippen molar-refractivity contribution in [3.8, 4) is 0 Å². The first-order valence-electron chi connectivity index (χ1n) is 9.02. The summed E-state index contributed by atoms with van der Waals surface area (Å²) < 4.78 is 13.1. The molecular formula is C19H23FN2O3. The lowest BCUT2D eigenvalue weighted by Gasteiger charge is -2.28. The predicted octanol–water partition coefficient (Wildman–Crippen LogP) is 2.23. The van der Waals surface area contributed by atoms with Crippen molar-refractivity contribution in [2.75, 3.05) is 26.2 Å². The van der Waals surface area contributed by atoms with Crippen LogP contribution >= 0.6 is 0 Å². The molecule has 2 atom stereocenters. The number of carbonyl (C=O) groups is 2. The number of benzene rings is 1. The topological polar surface area (TPSA) is 60.9 Å². The van der Waals surface area contributed by atoms with Crippen molar-refractivity contribution >= 4 is 11.9 Å². The summed E-state index contributed by atoms with van der Waals surface area (Å²) in [7, 11) is 0. The monoisotopic (exact) mass is 346 g/mol. The van der Waals surface area contributed by atoms with Crippen LogP contribution in [0, 0.1) is 17.2 Å². The summed E-state index contributed by atoms with van der Waals surface area (Å²) in [6.07, 6.45) is 4.75. The van der Waals surface area contributed by atoms with Crippen LogP contribution in [0.25, 0.3) is 0 Å². The molecule has 1 N–H and O–H groups in total. The molecule has 0 spiro atoms. The van der Waals surface area contributed by atoms with E-state index in [2.05, 4.69) is 4.90 Å². The average molecular weight is 346 g/mol. The van der Waals surface area contributed by atoms with E-state index in [1.54, 1.807) is 4.90 Å². The number of amides is 1. The Bertz CT molecular complexity index is 686. The van der Waals surface area contributed by atoms with Gasteiger partial charge >= 0.3 is 5.97 Å². The largest absolute Gasteiger partial charge is 0.481 e. The third kappa shape index (κ3) is 2.72. The zero-order valence-corrected chi connectivity index (χ0v) is 14.2. The SMILES string of the molecule is O=C(c1ccc(F)cc1)N1C[C@@H]2CN(C3CCCC3)C[C@]2(C(=O)O)C1. The van der Waals surface area contributed by atoms with E-state index in [0.29, 0.717) is 24.7 Å². The van der Waals surface area contributed by atoms with Gasteiger partial charge in [-0.1, -0.05) is 12.8 Å². The second-order valence-corrected chi connectivity index (χ2v) is 7.72. The lowest BCUT2D eigenvalue weighted by molar-refractivity contribution is -0.148. The van der Waals surface area contributed by atoms with E-state index in [9.17, 15) is 19.1 Å². The maximum Gasteiger partial charge on any atom is 0.313 e. The van der Waals surface area contributed by atoms with Gasteiger partial charge in [0.25, 0.3) is 5.91 Å². The van der Waals surface area contributed by atoms with E-state index in [1.807, 2.05) is 0 Å². The van der Waals surface area contributed by atoms with Gasteiger partial charge in [0.05, 0.1) is 0 Å². The van der Waals surface area contributed by atoms with Crippen molar-refractivity contribution in [3.05, 3.63) is 35.6 Å². The Morgan fingerprint density at radius 2 is 1.76 bits per heavy atom. The number of halogens is 1. The van der Waals surface area contributed by atoms with Gasteiger partial charge in [0.1, 0.15) is 11.2 Å². The molecule has 3 fully saturated rings. The first kappa shape index (κ1) is 16.5. The summed E-state index contributed by atoms with van der Waals surface area (Å²) in [6, 6.07) is 5.95. The van der Waals surface area contributed by atoms with Crippen LogP contribution in [0.3, 0.4) is 0 Å². The van der Waals surface area contributed by atoms with Gasteiger partial charge < -0.3 is 10.0 Å². The van der Waals surface area contributed by atoms with Crippen molar-refractivity contribution < 1.29 is 19.1 Å². The van der Waals surface area contributed by atoms with Crippen LogP contribution in [-0.2, 0) is 4.79 Å². The molecule has 2 saturated heterocycles. The summed E-state index contributed by atoms with van der Waals surface area (Å²) in [5.74, 6) is -1.42. The minimum Gasteiger partial charge on any atom is -0.481 e. The minimum absolute atomic E-state index is 0.0324. The fourth-order valence-electron chi connectivity index (χ4n) is 4.88. The molecular weight excluding hydrogens is 323 g/mol. The zero-order valence-electron chi connectivity index (χ0n) is 14.2. The van der Waals surface area contributed by atoms with Gasteiger partial charge in [-0.25, -0.2) is 4.39 Å². The number of carboxylic acids is 1. The summed E-state index contributed by atoms with van der Waals surface area (Å²) in [4.78, 5) is 28.8. The Morgan fingerprint density at radius 1 is 1.08 bits per heavy atom. The highest BCUT2D eigenvalue weighted by molar-refractivity contribution is 5.95. The molecule has 1 saturated carbocycles. The van der Waals surface area contributed by atoms with Crippen molar-refractivity contribution in [2.24, 2.45) is 11.3 Å². The highest BCUT2D eigenvalue weighted by Crippen LogP contribution is 2.45. The third-order valence-electron chi connectivity index (χ3n) is 6.28. The van der Waals surface area contributed by atoms with Crippen molar-refractivity contribution in [1.29, 1.82) is 0 Å². The molecule has 0 radical (unpaired) electrons. The predicted molar refractivity (Wildman–Crippen MR) is 89.7 cm³/mol. The number of nitrogens with zero attached hydrogens (tertiary/aromatic N) is 2. The van der Waals surface area contributed by atoms with Crippen LogP contribution < -0.4 is 0 Å². The lowest BCUT2D eigenvalue weighted by Crippen LogP contribution is -2.43. The van der Waals surface area contributed by atoms with E-state index >= 15 is 0 Å². The molecule has 0 bridgehead atoms. The second-order valence-electron chi connectivity index (χ2n) is 7.72. The van der Waals surface area contributed by atoms with Crippen molar-refractivity contribution in [3.63, 3.8) is 0 Å². The fraction of sp³-hybridized carbons (Fsp3) is 0.579. The van der Waals surface area contributed by atoms with E-state index in [4.69, 9.17) is 0 Å². The standard InChI is InChI=1S/C19H23FN2O3/c20-15-7-5-13(6-8-15)17(23)22-10-14-9-21(16-3-1-2-4-16)11-19(14,12-22)18(24)25/h5-8,14,16H,1-4,9-12H2,(H,24,25)/t14-,19-/m0/s1. The Labute approximate surface area is 146 Å². The second kappa shape index (κ2) is 6.09. The molecule has 134 valence electrons. The minimum atomic E-state index is -0.863. The maximum absolute atomic E-state index is 13.1. The number of carbonyl (C=O) groups excluding carboxylic acids is 1. The molecule has 2 aliphatic heterocycles. The molecule has 1 aromatic carbocycles. The summed E-state index contributed by atoms with van der Waals surface area (Å²) in [5, 5.41) is 9.93. The molecule has 3 aliphatic rings. The highest BCUT2D eigenvalue weighted by Gasteiger charge is 2.59. The Balaban J connectivity index is 1.52. The molecule has 1 amide bonds. The number of hydrogen-bond donors (Lipinski definition) is 1. The molecule has 2 heterocycles. The zero-order chi connectivity index (χ0) is 17.6. The van der Waals surface area contributed by atoms with Gasteiger partial charge in [0, 0.05) is 43.7 Å². The van der Waals surface area contributed by atoms with Crippen molar-refractivity contribution in [1.82, 2.24) is 9.80 Å². The van der Waals surface area contributed by atoms with Crippen LogP contribution in [0.1, 0.15) is 36.0 Å². The molecule has 0 unspecified atom stereocenters. The first-order chi connectivity index (χ1) is 12.0. The third-order valence-corrected chi connectivity index (χ3v) is 6.28. The maximum atomic E-state index is 13.1. The van der Waals surface area contributed by atoms with Crippen LogP contribution in [0.5, 0.6) is 0 Å². The molecule has 5 nitrogen and oxygen atoms in total. The molecule has 0 aromatic heterocycles. The van der Waals surface area contributed by atoms with Crippen LogP contribution in [0.15, 0.2) is 24.3 Å². The first-order valence-corrected chi connectivity index (χ1v) is 9.02. The van der Waals surface area contributed by atoms with Gasteiger partial charge in [0.2, 0.25) is 0 Å². The van der Waals surface area contributed by atoms with Crippen molar-refractivity contribution in [2.45, 2.75) is 31.7 Å². The van der Waals surface area contributed by atoms with Crippen LogP contribution in [-0.4, -0.2) is 59.0 Å². The molecule has 6 heteroatoms. The number of rotatable bonds is 3. The van der Waals surface area contributed by atoms with E-state index in [1.165, 1.54) is 37.1 Å². The highest BCUT2D eigenvalue weighted by atomic mass is 19.1. The summed E-state index contributed by atoms with van der Waals surface area (Å²) >= 11 is 0. The fourth-order valence-corrected chi connectivity index (χ4v) is 4.88. The van der Waals surface area contributed by atoms with Gasteiger partial charge in [0.15, 0.2) is 0 Å². The summed E-state index contributed by atoms with van der Waals surface area (Å²) in [6.45, 7) is 1.99. The summed E-state index contributed by atoms with van der Waals surface area (Å²) in [5.41, 5.74) is -0.451. The molecule has 1 aromatic rings. The molecule has 25 heavy (non-hydrogen) atoms. The Kier molecular flexibility index (Phi) is 4.02. The average Bonchev–Trinajstić information content (AvgIpc) is 3.28. The number of likely N-dealkylation sites (tertiary alicyclic amines) is 2. The van der Waals surface area contributed by atoms with Gasteiger partial charge in [-0.2, -0.15) is 0 Å². The number of carboxylic acid groups (broad SMARTS) is 1. The van der Waals surface area contributed by atoms with E-state index in [-0.39, 0.29) is 24.2 Å². The van der Waals surface area contributed by atoms with Gasteiger partial charge in [-0.3, -0.25) is 14.5 Å². The lowest BCUT2D eigenvalue weighted by atomic mass is 9.81. The van der Waals surface area contributed by atoms with Gasteiger partial charge in [-0.05, 0) is 37.1 Å².